The molecule has 0 aromatic carbocycles. The van der Waals surface area contributed by atoms with Gasteiger partial charge in [-0.15, -0.1) is 0 Å². The molecule has 0 bridgehead atoms. The van der Waals surface area contributed by atoms with Crippen LogP contribution in [0.1, 0.15) is 53.4 Å². The third-order valence-electron chi connectivity index (χ3n) is 10.7. The van der Waals surface area contributed by atoms with E-state index in [-0.39, 0.29) is 6.61 Å². The van der Waals surface area contributed by atoms with E-state index in [2.05, 4.69) is 10.6 Å². The fourth-order valence-electron chi connectivity index (χ4n) is 7.48. The zero-order valence-corrected chi connectivity index (χ0v) is 34.4. The van der Waals surface area contributed by atoms with Crippen LogP contribution in [0.15, 0.2) is 0 Å². The minimum Gasteiger partial charge on any atom is -0.394 e. The molecule has 4 saturated heterocycles. The molecule has 353 valence electrons. The van der Waals surface area contributed by atoms with E-state index in [4.69, 9.17) is 42.7 Å². The summed E-state index contributed by atoms with van der Waals surface area (Å²) in [6.07, 6.45) is -26.5. The van der Waals surface area contributed by atoms with Crippen LogP contribution in [0.3, 0.4) is 0 Å². The van der Waals surface area contributed by atoms with E-state index in [1.807, 2.05) is 0 Å². The fraction of sp³-hybridized carbons (Fsp3) is 0.917. The van der Waals surface area contributed by atoms with E-state index in [1.165, 1.54) is 26.3 Å². The zero-order chi connectivity index (χ0) is 45.1. The summed E-state index contributed by atoms with van der Waals surface area (Å²) >= 11 is 0. The monoisotopic (exact) mass is 890 g/mol. The van der Waals surface area contributed by atoms with Crippen molar-refractivity contribution < 1.29 is 114 Å². The third kappa shape index (κ3) is 13.3. The highest BCUT2D eigenvalue weighted by Crippen LogP contribution is 2.34. The van der Waals surface area contributed by atoms with Gasteiger partial charge in [0, 0.05) is 26.9 Å². The molecule has 0 unspecified atom stereocenters. The molecule has 14 N–H and O–H groups in total. The number of hydrogen-bond donors (Lipinski definition) is 13. The van der Waals surface area contributed by atoms with Gasteiger partial charge in [-0.2, -0.15) is 0 Å². The van der Waals surface area contributed by atoms with E-state index in [9.17, 15) is 65.4 Å². The van der Waals surface area contributed by atoms with Gasteiger partial charge in [0.2, 0.25) is 11.8 Å². The SMILES string of the molecule is CC(=O)N[C@H]1[C@H](O[C@H]2[C@@H](O)[C@@H](CO)O[C@@H](O[C@H]3[C@H](O)[C@@H](NC(C)=O)[C@H](OCCCCCC[NH2+]OC(C)=[O+])O[C@@H]3CO)[C@@H]2O)O[C@H](CO)[C@@H](O[C@@H]2O[C@@H](C)[C@@H](O)[C@@H](O)[C@@H]2O)[C@@H]1O. The van der Waals surface area contributed by atoms with Gasteiger partial charge in [-0.25, -0.2) is 0 Å². The van der Waals surface area contributed by atoms with E-state index in [0.717, 1.165) is 26.2 Å². The highest BCUT2D eigenvalue weighted by molar-refractivity contribution is 5.73. The molecule has 25 heteroatoms. The van der Waals surface area contributed by atoms with Crippen LogP contribution >= 0.6 is 0 Å². The molecule has 4 fully saturated rings. The van der Waals surface area contributed by atoms with Crippen LogP contribution in [-0.2, 0) is 57.1 Å². The smallest absolute Gasteiger partial charge is 0.394 e. The van der Waals surface area contributed by atoms with Crippen molar-refractivity contribution in [1.82, 2.24) is 10.6 Å². The average Bonchev–Trinajstić information content (AvgIpc) is 3.21. The van der Waals surface area contributed by atoms with Crippen molar-refractivity contribution in [2.75, 3.05) is 33.0 Å². The lowest BCUT2D eigenvalue weighted by Crippen LogP contribution is -2.83. The molecule has 61 heavy (non-hydrogen) atoms. The number of rotatable bonds is 20. The Kier molecular flexibility index (Phi) is 20.2. The standard InChI is InChI=1S/C36H63N3O22/c1-14-23(46)27(50)28(51)35(54-14)58-31-20(13-42)57-34(22(26(31)49)39-16(3)44)60-32-24(47)18(11-40)55-36(29(32)52)59-30-19(12-41)56-33(21(25(30)48)38-15(2)43)53-10-8-6-5-7-9-37-61-17(4)45/h14,18-37,40-42,46-52H,5-13H2,1-4H3,(H,38,43)(H,39,44)/q+1/p+1/t14-,18+,19+,20+,21+,22+,23+,24-,25+,26+,27+,28-,29+,30+,31+,32-,33+,34-,35-,36-/m0/s1. The van der Waals surface area contributed by atoms with Crippen molar-refractivity contribution in [3.63, 3.8) is 0 Å². The number of hydroxylamine groups is 1. The summed E-state index contributed by atoms with van der Waals surface area (Å²) in [5.41, 5.74) is 1.43. The van der Waals surface area contributed by atoms with Crippen molar-refractivity contribution in [3.05, 3.63) is 0 Å². The number of nitrogens with two attached hydrogens (primary N) is 1. The minimum atomic E-state index is -2.01. The van der Waals surface area contributed by atoms with Crippen LogP contribution in [0.5, 0.6) is 0 Å². The maximum Gasteiger partial charge on any atom is 0.635 e. The molecular weight excluding hydrogens is 826 g/mol. The maximum absolute atomic E-state index is 12.3. The summed E-state index contributed by atoms with van der Waals surface area (Å²) in [6, 6.07) is -2.85. The van der Waals surface area contributed by atoms with Crippen molar-refractivity contribution in [2.45, 2.75) is 176 Å². The van der Waals surface area contributed by atoms with E-state index < -0.39 is 160 Å². The molecule has 0 saturated carbocycles. The fourth-order valence-corrected chi connectivity index (χ4v) is 7.48. The van der Waals surface area contributed by atoms with Crippen LogP contribution in [0.2, 0.25) is 0 Å². The first-order valence-corrected chi connectivity index (χ1v) is 20.3. The molecule has 0 aromatic heterocycles. The van der Waals surface area contributed by atoms with E-state index in [0.29, 0.717) is 13.0 Å². The number of ether oxygens (including phenoxy) is 8. The lowest BCUT2D eigenvalue weighted by molar-refractivity contribution is -0.872. The van der Waals surface area contributed by atoms with Crippen molar-refractivity contribution >= 4 is 17.8 Å². The highest BCUT2D eigenvalue weighted by Gasteiger charge is 2.56. The second-order valence-electron chi connectivity index (χ2n) is 15.4. The molecule has 1 radical (unpaired) electrons. The minimum absolute atomic E-state index is 0.133. The molecule has 4 rings (SSSR count). The topological polar surface area (TPSA) is 380 Å². The summed E-state index contributed by atoms with van der Waals surface area (Å²) in [7, 11) is 0. The summed E-state index contributed by atoms with van der Waals surface area (Å²) < 4.78 is 46.5. The van der Waals surface area contributed by atoms with Gasteiger partial charge in [0.15, 0.2) is 25.2 Å². The molecule has 4 aliphatic heterocycles. The van der Waals surface area contributed by atoms with Crippen LogP contribution in [0.25, 0.3) is 0 Å². The number of carbonyl (C=O) groups excluding carboxylic acids is 3. The Balaban J connectivity index is 1.47. The Morgan fingerprint density at radius 2 is 1.07 bits per heavy atom. The average molecular weight is 891 g/mol. The maximum atomic E-state index is 12.3. The number of aliphatic hydroxyl groups excluding tert-OH is 10. The predicted molar refractivity (Wildman–Crippen MR) is 196 cm³/mol. The van der Waals surface area contributed by atoms with Crippen molar-refractivity contribution in [3.8, 4) is 0 Å². The molecule has 4 heterocycles. The molecule has 0 aliphatic carbocycles. The Bertz CT molecular complexity index is 1370. The highest BCUT2D eigenvalue weighted by atomic mass is 16.8. The first-order chi connectivity index (χ1) is 28.9. The lowest BCUT2D eigenvalue weighted by atomic mass is 9.94. The van der Waals surface area contributed by atoms with Crippen LogP contribution in [0.4, 0.5) is 0 Å². The molecule has 0 aromatic rings. The number of quaternary nitrogens is 1. The number of nitrogens with one attached hydrogen (secondary N) is 2. The number of carbonyl (C=O) groups is 3. The molecule has 4 aliphatic rings. The van der Waals surface area contributed by atoms with Crippen molar-refractivity contribution in [1.29, 1.82) is 0 Å². The summed E-state index contributed by atoms with van der Waals surface area (Å²) in [5.74, 6) is -1.71. The first-order valence-electron chi connectivity index (χ1n) is 20.3. The van der Waals surface area contributed by atoms with Gasteiger partial charge < -0.3 is 99.6 Å². The first kappa shape index (κ1) is 51.3. The van der Waals surface area contributed by atoms with Gasteiger partial charge in [0.25, 0.3) is 0 Å². The summed E-state index contributed by atoms with van der Waals surface area (Å²) in [6.45, 7) is 3.16. The van der Waals surface area contributed by atoms with Crippen LogP contribution in [-0.4, -0.2) is 225 Å². The van der Waals surface area contributed by atoms with Gasteiger partial charge in [-0.1, -0.05) is 16.7 Å². The van der Waals surface area contributed by atoms with Gasteiger partial charge in [0.05, 0.1) is 30.7 Å². The normalized spacial score (nSPS) is 41.8. The van der Waals surface area contributed by atoms with Gasteiger partial charge in [0.1, 0.15) is 105 Å². The Morgan fingerprint density at radius 1 is 0.574 bits per heavy atom. The second kappa shape index (κ2) is 24.1. The Morgan fingerprint density at radius 3 is 1.61 bits per heavy atom. The number of hydrogen-bond acceptors (Lipinski definition) is 22. The van der Waals surface area contributed by atoms with E-state index >= 15 is 0 Å². The molecule has 25 nitrogen and oxygen atoms in total. The quantitative estimate of drug-likeness (QED) is 0.0307. The largest absolute Gasteiger partial charge is 0.635 e. The van der Waals surface area contributed by atoms with Gasteiger partial charge >= 0.3 is 5.97 Å². The number of aliphatic hydroxyl groups is 10. The van der Waals surface area contributed by atoms with Crippen LogP contribution in [0, 0.1) is 0 Å². The summed E-state index contributed by atoms with van der Waals surface area (Å²) in [5, 5.41) is 112. The van der Waals surface area contributed by atoms with Crippen molar-refractivity contribution in [2.24, 2.45) is 0 Å². The second-order valence-corrected chi connectivity index (χ2v) is 15.4. The zero-order valence-electron chi connectivity index (χ0n) is 34.4. The molecule has 0 spiro atoms. The van der Waals surface area contributed by atoms with Gasteiger partial charge in [-0.05, 0) is 19.8 Å². The Hall–Kier alpha value is -2.35. The van der Waals surface area contributed by atoms with Gasteiger partial charge in [-0.3, -0.25) is 9.59 Å². The summed E-state index contributed by atoms with van der Waals surface area (Å²) in [4.78, 5) is 40.2. The Labute approximate surface area is 351 Å². The molecule has 20 atom stereocenters. The number of unbranched alkanes of at least 4 members (excludes halogenated alkanes) is 3. The lowest BCUT2D eigenvalue weighted by Gasteiger charge is -2.50. The predicted octanol–water partition coefficient (Wildman–Crippen LogP) is -7.81. The van der Waals surface area contributed by atoms with Crippen LogP contribution < -0.4 is 16.1 Å². The molecule has 2 amide bonds. The van der Waals surface area contributed by atoms with E-state index in [1.54, 1.807) is 0 Å². The molecular formula is C36H64N3O22+2. The number of amides is 2. The third-order valence-corrected chi connectivity index (χ3v) is 10.7.